The zero-order valence-electron chi connectivity index (χ0n) is 16.7. The Balaban J connectivity index is 1.73. The maximum atomic E-state index is 13.4. The van der Waals surface area contributed by atoms with Crippen molar-refractivity contribution in [2.75, 3.05) is 42.5 Å². The number of amides is 2. The number of carbonyl (C=O) groups excluding carboxylic acids is 2. The maximum absolute atomic E-state index is 13.4. The van der Waals surface area contributed by atoms with Gasteiger partial charge in [0.25, 0.3) is 0 Å². The molecule has 0 aliphatic carbocycles. The van der Waals surface area contributed by atoms with Gasteiger partial charge in [-0.2, -0.15) is 8.42 Å². The van der Waals surface area contributed by atoms with E-state index in [4.69, 9.17) is 4.74 Å². The number of ether oxygens (including phenoxy) is 1. The molecule has 29 heavy (non-hydrogen) atoms. The highest BCUT2D eigenvalue weighted by Crippen LogP contribution is 2.32. The molecule has 1 aromatic heterocycles. The van der Waals surface area contributed by atoms with Gasteiger partial charge in [-0.1, -0.05) is 0 Å². The summed E-state index contributed by atoms with van der Waals surface area (Å²) in [5.41, 5.74) is -0.138. The van der Waals surface area contributed by atoms with Crippen LogP contribution in [-0.4, -0.2) is 73.9 Å². The lowest BCUT2D eigenvalue weighted by Crippen LogP contribution is -2.50. The zero-order valence-corrected chi connectivity index (χ0v) is 17.5. The quantitative estimate of drug-likeness (QED) is 0.673. The van der Waals surface area contributed by atoms with E-state index in [1.54, 1.807) is 44.0 Å². The SMILES string of the molecule is CC(C)(C)OC(=O)N1CCN(c2ncccc2N2CC(S(=O)(=O)F)CC2=O)CC1. The lowest BCUT2D eigenvalue weighted by Gasteiger charge is -2.37. The van der Waals surface area contributed by atoms with Gasteiger partial charge in [-0.15, -0.1) is 3.89 Å². The number of piperazine rings is 1. The van der Waals surface area contributed by atoms with E-state index in [1.807, 2.05) is 4.90 Å². The largest absolute Gasteiger partial charge is 0.444 e. The summed E-state index contributed by atoms with van der Waals surface area (Å²) in [7, 11) is -4.80. The highest BCUT2D eigenvalue weighted by atomic mass is 32.3. The number of hydrogen-bond acceptors (Lipinski definition) is 7. The molecule has 3 heterocycles. The average Bonchev–Trinajstić information content (AvgIpc) is 3.02. The second kappa shape index (κ2) is 7.77. The van der Waals surface area contributed by atoms with E-state index >= 15 is 0 Å². The average molecular weight is 428 g/mol. The molecule has 9 nitrogen and oxygen atoms in total. The summed E-state index contributed by atoms with van der Waals surface area (Å²) >= 11 is 0. The lowest BCUT2D eigenvalue weighted by atomic mass is 10.2. The Kier molecular flexibility index (Phi) is 5.70. The van der Waals surface area contributed by atoms with Gasteiger partial charge >= 0.3 is 16.3 Å². The van der Waals surface area contributed by atoms with Gasteiger partial charge in [0.2, 0.25) is 5.91 Å². The van der Waals surface area contributed by atoms with Crippen molar-refractivity contribution in [1.29, 1.82) is 0 Å². The number of pyridine rings is 1. The van der Waals surface area contributed by atoms with Crippen molar-refractivity contribution in [2.45, 2.75) is 38.0 Å². The lowest BCUT2D eigenvalue weighted by molar-refractivity contribution is -0.117. The Bertz CT molecular complexity index is 894. The molecular weight excluding hydrogens is 403 g/mol. The van der Waals surface area contributed by atoms with Crippen molar-refractivity contribution >= 4 is 33.7 Å². The third-order valence-electron chi connectivity index (χ3n) is 4.78. The van der Waals surface area contributed by atoms with Gasteiger partial charge < -0.3 is 19.4 Å². The van der Waals surface area contributed by atoms with E-state index < -0.39 is 27.0 Å². The predicted molar refractivity (Wildman–Crippen MR) is 105 cm³/mol. The van der Waals surface area contributed by atoms with Crippen LogP contribution in [-0.2, 0) is 19.8 Å². The molecule has 0 spiro atoms. The number of hydrogen-bond donors (Lipinski definition) is 0. The van der Waals surface area contributed by atoms with Gasteiger partial charge in [-0.25, -0.2) is 9.78 Å². The Hall–Kier alpha value is -2.43. The normalized spacial score (nSPS) is 20.9. The van der Waals surface area contributed by atoms with Crippen molar-refractivity contribution < 1.29 is 26.6 Å². The number of aromatic nitrogens is 1. The molecule has 0 bridgehead atoms. The van der Waals surface area contributed by atoms with Gasteiger partial charge in [-0.3, -0.25) is 4.79 Å². The molecule has 2 amide bonds. The number of nitrogens with zero attached hydrogens (tertiary/aromatic N) is 4. The molecule has 2 aliphatic rings. The van der Waals surface area contributed by atoms with Crippen LogP contribution in [0.3, 0.4) is 0 Å². The van der Waals surface area contributed by atoms with E-state index in [0.29, 0.717) is 37.7 Å². The van der Waals surface area contributed by atoms with Gasteiger partial charge in [0.05, 0.1) is 5.69 Å². The number of carbonyl (C=O) groups is 2. The van der Waals surface area contributed by atoms with Gasteiger partial charge in [0.15, 0.2) is 5.82 Å². The van der Waals surface area contributed by atoms with Crippen molar-refractivity contribution in [2.24, 2.45) is 0 Å². The van der Waals surface area contributed by atoms with Crippen LogP contribution in [0.4, 0.5) is 20.2 Å². The molecule has 0 N–H and O–H groups in total. The highest BCUT2D eigenvalue weighted by Gasteiger charge is 2.40. The molecule has 1 atom stereocenters. The first-order chi connectivity index (χ1) is 13.5. The number of halogens is 1. The maximum Gasteiger partial charge on any atom is 0.410 e. The Morgan fingerprint density at radius 3 is 2.45 bits per heavy atom. The summed E-state index contributed by atoms with van der Waals surface area (Å²) in [6, 6.07) is 3.30. The van der Waals surface area contributed by atoms with E-state index in [0.717, 1.165) is 0 Å². The monoisotopic (exact) mass is 428 g/mol. The van der Waals surface area contributed by atoms with E-state index in [9.17, 15) is 21.9 Å². The first-order valence-electron chi connectivity index (χ1n) is 9.37. The van der Waals surface area contributed by atoms with Gasteiger partial charge in [-0.05, 0) is 32.9 Å². The third-order valence-corrected chi connectivity index (χ3v) is 5.89. The fourth-order valence-corrected chi connectivity index (χ4v) is 4.04. The highest BCUT2D eigenvalue weighted by molar-refractivity contribution is 7.87. The molecule has 1 unspecified atom stereocenters. The van der Waals surface area contributed by atoms with Gasteiger partial charge in [0, 0.05) is 45.3 Å². The van der Waals surface area contributed by atoms with E-state index in [1.165, 1.54) is 4.90 Å². The minimum Gasteiger partial charge on any atom is -0.444 e. The topological polar surface area (TPSA) is 100 Å². The first kappa shape index (κ1) is 21.3. The van der Waals surface area contributed by atoms with Crippen molar-refractivity contribution in [1.82, 2.24) is 9.88 Å². The zero-order chi connectivity index (χ0) is 21.4. The molecule has 0 radical (unpaired) electrons. The third kappa shape index (κ3) is 4.95. The molecule has 0 saturated carbocycles. The van der Waals surface area contributed by atoms with Crippen LogP contribution in [0.15, 0.2) is 18.3 Å². The summed E-state index contributed by atoms with van der Waals surface area (Å²) in [5, 5.41) is -1.37. The van der Waals surface area contributed by atoms with Crippen molar-refractivity contribution in [3.63, 3.8) is 0 Å². The molecule has 0 aromatic carbocycles. The van der Waals surface area contributed by atoms with Crippen LogP contribution >= 0.6 is 0 Å². The first-order valence-corrected chi connectivity index (χ1v) is 10.8. The van der Waals surface area contributed by atoms with Crippen molar-refractivity contribution in [3.05, 3.63) is 18.3 Å². The predicted octanol–water partition coefficient (Wildman–Crippen LogP) is 1.54. The molecular formula is C18H25FN4O5S. The van der Waals surface area contributed by atoms with Crippen LogP contribution < -0.4 is 9.80 Å². The molecule has 2 fully saturated rings. The molecule has 3 rings (SSSR count). The Morgan fingerprint density at radius 1 is 1.24 bits per heavy atom. The summed E-state index contributed by atoms with van der Waals surface area (Å²) in [6.07, 6.45) is 0.798. The minimum atomic E-state index is -4.80. The second-order valence-corrected chi connectivity index (χ2v) is 9.72. The molecule has 1 aromatic rings. The number of anilines is 2. The summed E-state index contributed by atoms with van der Waals surface area (Å²) < 4.78 is 41.2. The summed E-state index contributed by atoms with van der Waals surface area (Å²) in [4.78, 5) is 33.7. The summed E-state index contributed by atoms with van der Waals surface area (Å²) in [6.45, 7) is 6.94. The number of rotatable bonds is 3. The Morgan fingerprint density at radius 2 is 1.90 bits per heavy atom. The molecule has 11 heteroatoms. The van der Waals surface area contributed by atoms with E-state index in [2.05, 4.69) is 4.98 Å². The summed E-state index contributed by atoms with van der Waals surface area (Å²) in [5.74, 6) is 0.0412. The van der Waals surface area contributed by atoms with Crippen LogP contribution in [0.2, 0.25) is 0 Å². The standard InChI is InChI=1S/C18H25FN4O5S/c1-18(2,3)28-17(25)22-9-7-21(8-10-22)16-14(5-4-6-20-16)23-12-13(11-15(23)24)29(19,26)27/h4-6,13H,7-12H2,1-3H3. The second-order valence-electron chi connectivity index (χ2n) is 8.11. The fraction of sp³-hybridized carbons (Fsp3) is 0.611. The Labute approximate surface area is 169 Å². The van der Waals surface area contributed by atoms with Gasteiger partial charge in [0.1, 0.15) is 10.9 Å². The van der Waals surface area contributed by atoms with Crippen LogP contribution in [0, 0.1) is 0 Å². The van der Waals surface area contributed by atoms with Crippen molar-refractivity contribution in [3.8, 4) is 0 Å². The van der Waals surface area contributed by atoms with Crippen LogP contribution in [0.1, 0.15) is 27.2 Å². The fourth-order valence-electron chi connectivity index (χ4n) is 3.37. The minimum absolute atomic E-state index is 0.242. The smallest absolute Gasteiger partial charge is 0.410 e. The molecule has 160 valence electrons. The van der Waals surface area contributed by atoms with E-state index in [-0.39, 0.29) is 19.1 Å². The van der Waals surface area contributed by atoms with Crippen LogP contribution in [0.5, 0.6) is 0 Å². The van der Waals surface area contributed by atoms with Crippen LogP contribution in [0.25, 0.3) is 0 Å². The molecule has 2 saturated heterocycles. The molecule has 2 aliphatic heterocycles.